The number of nitrogens with two attached hydrogens (primary N) is 1. The molecule has 1 rings (SSSR count). The molecule has 0 saturated heterocycles. The molecule has 0 aliphatic rings. The third-order valence-corrected chi connectivity index (χ3v) is 2.77. The van der Waals surface area contributed by atoms with Gasteiger partial charge in [-0.3, -0.25) is 0 Å². The molecule has 0 atom stereocenters. The minimum atomic E-state index is -0.457. The van der Waals surface area contributed by atoms with Crippen molar-refractivity contribution in [1.82, 2.24) is 0 Å². The SMILES string of the molecule is COc1c(N)cccc1C(=O)OCCOCCC(C)C. The van der Waals surface area contributed by atoms with Crippen LogP contribution < -0.4 is 10.5 Å². The van der Waals surface area contributed by atoms with Gasteiger partial charge in [0.15, 0.2) is 5.75 Å². The predicted molar refractivity (Wildman–Crippen MR) is 78.0 cm³/mol. The molecule has 112 valence electrons. The van der Waals surface area contributed by atoms with Crippen molar-refractivity contribution in [1.29, 1.82) is 0 Å². The number of hydrogen-bond acceptors (Lipinski definition) is 5. The van der Waals surface area contributed by atoms with Crippen molar-refractivity contribution in [3.63, 3.8) is 0 Å². The summed E-state index contributed by atoms with van der Waals surface area (Å²) in [6, 6.07) is 4.98. The van der Waals surface area contributed by atoms with Crippen molar-refractivity contribution >= 4 is 11.7 Å². The lowest BCUT2D eigenvalue weighted by Gasteiger charge is -2.11. The fourth-order valence-corrected chi connectivity index (χ4v) is 1.64. The first-order chi connectivity index (χ1) is 9.56. The van der Waals surface area contributed by atoms with Crippen molar-refractivity contribution in [3.05, 3.63) is 23.8 Å². The summed E-state index contributed by atoms with van der Waals surface area (Å²) >= 11 is 0. The van der Waals surface area contributed by atoms with Crippen LogP contribution in [0.25, 0.3) is 0 Å². The predicted octanol–water partition coefficient (Wildman–Crippen LogP) is 2.50. The van der Waals surface area contributed by atoms with Crippen LogP contribution >= 0.6 is 0 Å². The lowest BCUT2D eigenvalue weighted by Crippen LogP contribution is -2.13. The van der Waals surface area contributed by atoms with Crippen LogP contribution in [0.4, 0.5) is 5.69 Å². The van der Waals surface area contributed by atoms with E-state index >= 15 is 0 Å². The first-order valence-electron chi connectivity index (χ1n) is 6.73. The fraction of sp³-hybridized carbons (Fsp3) is 0.533. The average molecular weight is 281 g/mol. The molecule has 5 heteroatoms. The topological polar surface area (TPSA) is 70.8 Å². The molecule has 2 N–H and O–H groups in total. The number of esters is 1. The number of ether oxygens (including phenoxy) is 3. The Morgan fingerprint density at radius 1 is 1.25 bits per heavy atom. The number of hydrogen-bond donors (Lipinski definition) is 1. The van der Waals surface area contributed by atoms with Crippen LogP contribution in [0.1, 0.15) is 30.6 Å². The van der Waals surface area contributed by atoms with Gasteiger partial charge in [-0.15, -0.1) is 0 Å². The van der Waals surface area contributed by atoms with E-state index in [4.69, 9.17) is 19.9 Å². The van der Waals surface area contributed by atoms with Crippen LogP contribution in [0, 0.1) is 5.92 Å². The molecule has 0 aromatic heterocycles. The standard InChI is InChI=1S/C15H23NO4/c1-11(2)7-8-19-9-10-20-15(17)12-5-4-6-13(16)14(12)18-3/h4-6,11H,7-10,16H2,1-3H3. The van der Waals surface area contributed by atoms with Gasteiger partial charge in [-0.1, -0.05) is 19.9 Å². The zero-order chi connectivity index (χ0) is 15.0. The van der Waals surface area contributed by atoms with Crippen LogP contribution in [-0.4, -0.2) is 32.9 Å². The molecule has 0 aliphatic carbocycles. The molecule has 0 spiro atoms. The lowest BCUT2D eigenvalue weighted by atomic mass is 10.1. The molecular weight excluding hydrogens is 258 g/mol. The molecule has 0 saturated carbocycles. The number of rotatable bonds is 8. The van der Waals surface area contributed by atoms with Crippen LogP contribution in [-0.2, 0) is 9.47 Å². The zero-order valence-electron chi connectivity index (χ0n) is 12.3. The van der Waals surface area contributed by atoms with E-state index < -0.39 is 5.97 Å². The van der Waals surface area contributed by atoms with E-state index in [9.17, 15) is 4.79 Å². The highest BCUT2D eigenvalue weighted by molar-refractivity contribution is 5.94. The maximum Gasteiger partial charge on any atom is 0.342 e. The maximum atomic E-state index is 11.9. The molecule has 5 nitrogen and oxygen atoms in total. The summed E-state index contributed by atoms with van der Waals surface area (Å²) in [5.41, 5.74) is 6.48. The van der Waals surface area contributed by atoms with Gasteiger partial charge >= 0.3 is 5.97 Å². The zero-order valence-corrected chi connectivity index (χ0v) is 12.3. The summed E-state index contributed by atoms with van der Waals surface area (Å²) < 4.78 is 15.6. The summed E-state index contributed by atoms with van der Waals surface area (Å²) in [5, 5.41) is 0. The summed E-state index contributed by atoms with van der Waals surface area (Å²) in [5.74, 6) is 0.494. The Morgan fingerprint density at radius 2 is 2.00 bits per heavy atom. The Hall–Kier alpha value is -1.75. The van der Waals surface area contributed by atoms with Gasteiger partial charge in [0.1, 0.15) is 12.2 Å². The number of methoxy groups -OCH3 is 1. The number of para-hydroxylation sites is 1. The number of anilines is 1. The van der Waals surface area contributed by atoms with E-state index in [1.54, 1.807) is 18.2 Å². The highest BCUT2D eigenvalue weighted by Gasteiger charge is 2.15. The van der Waals surface area contributed by atoms with Gasteiger partial charge in [0.05, 0.1) is 19.4 Å². The first-order valence-corrected chi connectivity index (χ1v) is 6.73. The van der Waals surface area contributed by atoms with Crippen molar-refractivity contribution < 1.29 is 19.0 Å². The third-order valence-electron chi connectivity index (χ3n) is 2.77. The molecule has 0 fully saturated rings. The van der Waals surface area contributed by atoms with Gasteiger partial charge < -0.3 is 19.9 Å². The summed E-state index contributed by atoms with van der Waals surface area (Å²) in [6.45, 7) is 5.56. The number of carbonyl (C=O) groups excluding carboxylic acids is 1. The van der Waals surface area contributed by atoms with Gasteiger partial charge in [0, 0.05) is 6.61 Å². The van der Waals surface area contributed by atoms with Gasteiger partial charge in [0.25, 0.3) is 0 Å². The van der Waals surface area contributed by atoms with Crippen LogP contribution in [0.15, 0.2) is 18.2 Å². The van der Waals surface area contributed by atoms with E-state index in [0.717, 1.165) is 6.42 Å². The quantitative estimate of drug-likeness (QED) is 0.450. The van der Waals surface area contributed by atoms with Crippen molar-refractivity contribution in [2.24, 2.45) is 5.92 Å². The van der Waals surface area contributed by atoms with Crippen LogP contribution in [0.3, 0.4) is 0 Å². The molecule has 1 aromatic rings. The second-order valence-corrected chi connectivity index (χ2v) is 4.86. The molecule has 0 radical (unpaired) electrons. The fourth-order valence-electron chi connectivity index (χ4n) is 1.64. The van der Waals surface area contributed by atoms with Crippen molar-refractivity contribution in [3.8, 4) is 5.75 Å². The van der Waals surface area contributed by atoms with Gasteiger partial charge in [-0.05, 0) is 24.5 Å². The smallest absolute Gasteiger partial charge is 0.342 e. The normalized spacial score (nSPS) is 10.6. The Morgan fingerprint density at radius 3 is 2.65 bits per heavy atom. The minimum absolute atomic E-state index is 0.217. The molecule has 0 aliphatic heterocycles. The molecule has 20 heavy (non-hydrogen) atoms. The van der Waals surface area contributed by atoms with E-state index in [0.29, 0.717) is 36.1 Å². The maximum absolute atomic E-state index is 11.9. The molecular formula is C15H23NO4. The molecule has 0 unspecified atom stereocenters. The molecule has 0 heterocycles. The molecule has 0 bridgehead atoms. The second-order valence-electron chi connectivity index (χ2n) is 4.86. The molecule has 1 aromatic carbocycles. The van der Waals surface area contributed by atoms with Crippen molar-refractivity contribution in [2.75, 3.05) is 32.7 Å². The minimum Gasteiger partial charge on any atom is -0.494 e. The second kappa shape index (κ2) is 8.43. The Bertz CT molecular complexity index is 432. The first kappa shape index (κ1) is 16.3. The highest BCUT2D eigenvalue weighted by atomic mass is 16.6. The van der Waals surface area contributed by atoms with E-state index in [-0.39, 0.29) is 6.61 Å². The number of benzene rings is 1. The van der Waals surface area contributed by atoms with Gasteiger partial charge in [-0.25, -0.2) is 4.79 Å². The van der Waals surface area contributed by atoms with Gasteiger partial charge in [0.2, 0.25) is 0 Å². The Kier molecular flexibility index (Phi) is 6.87. The largest absolute Gasteiger partial charge is 0.494 e. The van der Waals surface area contributed by atoms with Crippen molar-refractivity contribution in [2.45, 2.75) is 20.3 Å². The molecule has 0 amide bonds. The lowest BCUT2D eigenvalue weighted by molar-refractivity contribution is 0.0300. The van der Waals surface area contributed by atoms with Gasteiger partial charge in [-0.2, -0.15) is 0 Å². The van der Waals surface area contributed by atoms with E-state index in [2.05, 4.69) is 13.8 Å². The third kappa shape index (κ3) is 5.09. The number of nitrogen functional groups attached to an aromatic ring is 1. The van der Waals surface area contributed by atoms with E-state index in [1.807, 2.05) is 0 Å². The Balaban J connectivity index is 2.38. The average Bonchev–Trinajstić information content (AvgIpc) is 2.41. The highest BCUT2D eigenvalue weighted by Crippen LogP contribution is 2.26. The van der Waals surface area contributed by atoms with E-state index in [1.165, 1.54) is 7.11 Å². The number of carbonyl (C=O) groups is 1. The van der Waals surface area contributed by atoms with Crippen LogP contribution in [0.2, 0.25) is 0 Å². The summed E-state index contributed by atoms with van der Waals surface area (Å²) in [4.78, 5) is 11.9. The summed E-state index contributed by atoms with van der Waals surface area (Å²) in [6.07, 6.45) is 0.997. The monoisotopic (exact) mass is 281 g/mol. The Labute approximate surface area is 120 Å². The summed E-state index contributed by atoms with van der Waals surface area (Å²) in [7, 11) is 1.47. The van der Waals surface area contributed by atoms with Crippen LogP contribution in [0.5, 0.6) is 5.75 Å².